The lowest BCUT2D eigenvalue weighted by Gasteiger charge is -2.02. The largest absolute Gasteiger partial charge is 0.0991 e. The van der Waals surface area contributed by atoms with E-state index < -0.39 is 0 Å². The molecule has 0 N–H and O–H groups in total. The third-order valence-corrected chi connectivity index (χ3v) is 3.23. The van der Waals surface area contributed by atoms with Gasteiger partial charge in [-0.25, -0.2) is 0 Å². The van der Waals surface area contributed by atoms with Crippen LogP contribution in [0.3, 0.4) is 0 Å². The van der Waals surface area contributed by atoms with Crippen LogP contribution in [0.4, 0.5) is 0 Å². The van der Waals surface area contributed by atoms with E-state index in [1.54, 1.807) is 0 Å². The first kappa shape index (κ1) is 14.8. The van der Waals surface area contributed by atoms with Crippen molar-refractivity contribution in [3.8, 4) is 0 Å². The zero-order chi connectivity index (χ0) is 13.1. The van der Waals surface area contributed by atoms with Gasteiger partial charge in [-0.1, -0.05) is 73.9 Å². The predicted octanol–water partition coefficient (Wildman–Crippen LogP) is 5.62. The molecule has 0 saturated heterocycles. The Kier molecular flexibility index (Phi) is 7.96. The summed E-state index contributed by atoms with van der Waals surface area (Å²) in [5.41, 5.74) is 2.83. The predicted molar refractivity (Wildman–Crippen MR) is 81.9 cm³/mol. The van der Waals surface area contributed by atoms with Gasteiger partial charge in [-0.3, -0.25) is 0 Å². The SMILES string of the molecule is C=CC=CCCCCCCCc1ccc(C)cc1. The molecular formula is C18H26. The number of rotatable bonds is 9. The second-order valence-corrected chi connectivity index (χ2v) is 4.96. The van der Waals surface area contributed by atoms with Crippen molar-refractivity contribution in [2.24, 2.45) is 0 Å². The van der Waals surface area contributed by atoms with E-state index in [0.29, 0.717) is 0 Å². The Bertz CT molecular complexity index is 343. The van der Waals surface area contributed by atoms with E-state index >= 15 is 0 Å². The van der Waals surface area contributed by atoms with Gasteiger partial charge in [-0.2, -0.15) is 0 Å². The number of unbranched alkanes of at least 4 members (excludes halogenated alkanes) is 5. The van der Waals surface area contributed by atoms with Gasteiger partial charge in [0.25, 0.3) is 0 Å². The molecule has 0 fully saturated rings. The monoisotopic (exact) mass is 242 g/mol. The molecule has 0 bridgehead atoms. The van der Waals surface area contributed by atoms with Crippen LogP contribution >= 0.6 is 0 Å². The van der Waals surface area contributed by atoms with Crippen LogP contribution < -0.4 is 0 Å². The fourth-order valence-corrected chi connectivity index (χ4v) is 2.07. The van der Waals surface area contributed by atoms with E-state index in [1.165, 1.54) is 56.1 Å². The Labute approximate surface area is 112 Å². The summed E-state index contributed by atoms with van der Waals surface area (Å²) in [4.78, 5) is 0. The highest BCUT2D eigenvalue weighted by atomic mass is 14.0. The molecule has 1 aromatic rings. The van der Waals surface area contributed by atoms with E-state index in [2.05, 4.69) is 43.8 Å². The summed E-state index contributed by atoms with van der Waals surface area (Å²) in [5, 5.41) is 0. The summed E-state index contributed by atoms with van der Waals surface area (Å²) in [6.07, 6.45) is 15.3. The number of allylic oxidation sites excluding steroid dienone is 3. The molecule has 0 saturated carbocycles. The van der Waals surface area contributed by atoms with Crippen LogP contribution in [0.5, 0.6) is 0 Å². The van der Waals surface area contributed by atoms with Crippen molar-refractivity contribution in [2.45, 2.75) is 51.9 Å². The average molecular weight is 242 g/mol. The molecule has 0 aliphatic rings. The molecule has 0 aliphatic heterocycles. The molecule has 0 unspecified atom stereocenters. The number of hydrogen-bond acceptors (Lipinski definition) is 0. The molecule has 98 valence electrons. The van der Waals surface area contributed by atoms with Crippen LogP contribution in [0.1, 0.15) is 49.7 Å². The van der Waals surface area contributed by atoms with Crippen molar-refractivity contribution in [3.05, 3.63) is 60.2 Å². The summed E-state index contributed by atoms with van der Waals surface area (Å²) in [6.45, 7) is 5.81. The maximum Gasteiger partial charge on any atom is -0.0279 e. The van der Waals surface area contributed by atoms with E-state index in [9.17, 15) is 0 Å². The minimum absolute atomic E-state index is 1.20. The molecule has 0 heterocycles. The summed E-state index contributed by atoms with van der Waals surface area (Å²) < 4.78 is 0. The van der Waals surface area contributed by atoms with Crippen molar-refractivity contribution < 1.29 is 0 Å². The van der Waals surface area contributed by atoms with Gasteiger partial charge in [0.05, 0.1) is 0 Å². The molecular weight excluding hydrogens is 216 g/mol. The average Bonchev–Trinajstić information content (AvgIpc) is 2.39. The molecule has 0 spiro atoms. The standard InChI is InChI=1S/C18H26/c1-3-4-5-6-7-8-9-10-11-12-18-15-13-17(2)14-16-18/h3-5,13-16H,1,6-12H2,2H3. The number of hydrogen-bond donors (Lipinski definition) is 0. The molecule has 0 radical (unpaired) electrons. The Morgan fingerprint density at radius 1 is 0.944 bits per heavy atom. The van der Waals surface area contributed by atoms with Gasteiger partial charge in [0, 0.05) is 0 Å². The van der Waals surface area contributed by atoms with Gasteiger partial charge < -0.3 is 0 Å². The molecule has 18 heavy (non-hydrogen) atoms. The van der Waals surface area contributed by atoms with Gasteiger partial charge in [0.15, 0.2) is 0 Å². The Morgan fingerprint density at radius 2 is 1.61 bits per heavy atom. The van der Waals surface area contributed by atoms with Gasteiger partial charge in [0.1, 0.15) is 0 Å². The summed E-state index contributed by atoms with van der Waals surface area (Å²) in [7, 11) is 0. The molecule has 1 rings (SSSR count). The van der Waals surface area contributed by atoms with Gasteiger partial charge in [-0.05, 0) is 38.2 Å². The highest BCUT2D eigenvalue weighted by Crippen LogP contribution is 2.11. The number of aryl methyl sites for hydroxylation is 2. The minimum Gasteiger partial charge on any atom is -0.0991 e. The highest BCUT2D eigenvalue weighted by molar-refractivity contribution is 5.21. The Hall–Kier alpha value is -1.30. The maximum absolute atomic E-state index is 3.67. The van der Waals surface area contributed by atoms with Crippen LogP contribution in [0.25, 0.3) is 0 Å². The van der Waals surface area contributed by atoms with E-state index in [1.807, 2.05) is 12.2 Å². The second kappa shape index (κ2) is 9.70. The first-order valence-electron chi connectivity index (χ1n) is 7.16. The lowest BCUT2D eigenvalue weighted by Crippen LogP contribution is -1.86. The normalized spacial score (nSPS) is 10.9. The molecule has 0 aliphatic carbocycles. The van der Waals surface area contributed by atoms with Gasteiger partial charge in [0.2, 0.25) is 0 Å². The van der Waals surface area contributed by atoms with Crippen molar-refractivity contribution >= 4 is 0 Å². The first-order chi connectivity index (χ1) is 8.83. The molecule has 0 heteroatoms. The van der Waals surface area contributed by atoms with Gasteiger partial charge in [-0.15, -0.1) is 0 Å². The fourth-order valence-electron chi connectivity index (χ4n) is 2.07. The van der Waals surface area contributed by atoms with Crippen LogP contribution in [-0.4, -0.2) is 0 Å². The van der Waals surface area contributed by atoms with Crippen molar-refractivity contribution in [2.75, 3.05) is 0 Å². The third-order valence-electron chi connectivity index (χ3n) is 3.23. The van der Waals surface area contributed by atoms with Crippen LogP contribution in [0.2, 0.25) is 0 Å². The summed E-state index contributed by atoms with van der Waals surface area (Å²) in [6, 6.07) is 8.94. The van der Waals surface area contributed by atoms with Crippen LogP contribution in [0.15, 0.2) is 49.1 Å². The molecule has 0 atom stereocenters. The van der Waals surface area contributed by atoms with E-state index in [4.69, 9.17) is 0 Å². The van der Waals surface area contributed by atoms with Crippen LogP contribution in [0, 0.1) is 6.92 Å². The smallest absolute Gasteiger partial charge is 0.0279 e. The maximum atomic E-state index is 3.67. The summed E-state index contributed by atoms with van der Waals surface area (Å²) >= 11 is 0. The molecule has 1 aromatic carbocycles. The zero-order valence-electron chi connectivity index (χ0n) is 11.7. The van der Waals surface area contributed by atoms with Crippen molar-refractivity contribution in [1.29, 1.82) is 0 Å². The van der Waals surface area contributed by atoms with E-state index in [0.717, 1.165) is 0 Å². The topological polar surface area (TPSA) is 0 Å². The fraction of sp³-hybridized carbons (Fsp3) is 0.444. The Balaban J connectivity index is 1.97. The Morgan fingerprint density at radius 3 is 2.33 bits per heavy atom. The third kappa shape index (κ3) is 7.11. The lowest BCUT2D eigenvalue weighted by atomic mass is 10.0. The molecule has 0 amide bonds. The molecule has 0 nitrogen and oxygen atoms in total. The zero-order valence-corrected chi connectivity index (χ0v) is 11.7. The van der Waals surface area contributed by atoms with Crippen molar-refractivity contribution in [3.63, 3.8) is 0 Å². The van der Waals surface area contributed by atoms with E-state index in [-0.39, 0.29) is 0 Å². The number of benzene rings is 1. The van der Waals surface area contributed by atoms with Crippen LogP contribution in [-0.2, 0) is 6.42 Å². The first-order valence-corrected chi connectivity index (χ1v) is 7.16. The van der Waals surface area contributed by atoms with Crippen molar-refractivity contribution in [1.82, 2.24) is 0 Å². The molecule has 0 aromatic heterocycles. The quantitative estimate of drug-likeness (QED) is 0.389. The minimum atomic E-state index is 1.20. The lowest BCUT2D eigenvalue weighted by molar-refractivity contribution is 0.617. The second-order valence-electron chi connectivity index (χ2n) is 4.96. The van der Waals surface area contributed by atoms with Gasteiger partial charge >= 0.3 is 0 Å². The highest BCUT2D eigenvalue weighted by Gasteiger charge is 1.94. The summed E-state index contributed by atoms with van der Waals surface area (Å²) in [5.74, 6) is 0.